The SMILES string of the molecule is O=C(c1cc(Cc2n[nH]c(=O)c3ccccc23)ccc1F)N1CCC2(CNC2)C1. The predicted molar refractivity (Wildman–Crippen MR) is 107 cm³/mol. The number of aromatic amines is 1. The molecule has 6 nitrogen and oxygen atoms in total. The molecule has 3 aromatic rings. The van der Waals surface area contributed by atoms with Crippen LogP contribution in [-0.4, -0.2) is 47.2 Å². The molecule has 2 aliphatic heterocycles. The first-order valence-electron chi connectivity index (χ1n) is 9.79. The van der Waals surface area contributed by atoms with Crippen LogP contribution in [0.1, 0.15) is 28.0 Å². The second-order valence-corrected chi connectivity index (χ2v) is 8.12. The van der Waals surface area contributed by atoms with E-state index < -0.39 is 5.82 Å². The first-order chi connectivity index (χ1) is 14.0. The van der Waals surface area contributed by atoms with Gasteiger partial charge in [0, 0.05) is 43.4 Å². The number of nitrogens with one attached hydrogen (secondary N) is 2. The van der Waals surface area contributed by atoms with Crippen molar-refractivity contribution >= 4 is 16.7 Å². The lowest BCUT2D eigenvalue weighted by atomic mass is 9.81. The number of halogens is 1. The summed E-state index contributed by atoms with van der Waals surface area (Å²) in [4.78, 5) is 26.7. The lowest BCUT2D eigenvalue weighted by Gasteiger charge is -2.39. The third-order valence-electron chi connectivity index (χ3n) is 6.13. The third-order valence-corrected chi connectivity index (χ3v) is 6.13. The van der Waals surface area contributed by atoms with Gasteiger partial charge in [0.25, 0.3) is 11.5 Å². The number of rotatable bonds is 3. The van der Waals surface area contributed by atoms with Gasteiger partial charge in [0.1, 0.15) is 5.82 Å². The summed E-state index contributed by atoms with van der Waals surface area (Å²) in [5.74, 6) is -0.766. The van der Waals surface area contributed by atoms with Crippen LogP contribution in [0.15, 0.2) is 47.3 Å². The molecule has 2 aliphatic rings. The number of fused-ring (bicyclic) bond motifs is 1. The molecule has 0 saturated carbocycles. The van der Waals surface area contributed by atoms with Crippen molar-refractivity contribution in [3.8, 4) is 0 Å². The Kier molecular flexibility index (Phi) is 4.20. The molecule has 2 saturated heterocycles. The van der Waals surface area contributed by atoms with E-state index in [1.165, 1.54) is 6.07 Å². The molecule has 3 heterocycles. The minimum Gasteiger partial charge on any atom is -0.338 e. The Bertz CT molecular complexity index is 1170. The highest BCUT2D eigenvalue weighted by atomic mass is 19.1. The maximum Gasteiger partial charge on any atom is 0.272 e. The summed E-state index contributed by atoms with van der Waals surface area (Å²) in [5.41, 5.74) is 1.49. The van der Waals surface area contributed by atoms with Crippen molar-refractivity contribution < 1.29 is 9.18 Å². The van der Waals surface area contributed by atoms with Gasteiger partial charge in [0.05, 0.1) is 16.6 Å². The van der Waals surface area contributed by atoms with Crippen LogP contribution in [0.5, 0.6) is 0 Å². The van der Waals surface area contributed by atoms with Crippen molar-refractivity contribution in [3.63, 3.8) is 0 Å². The Labute approximate surface area is 166 Å². The molecule has 0 bridgehead atoms. The molecule has 1 aromatic heterocycles. The highest BCUT2D eigenvalue weighted by molar-refractivity contribution is 5.95. The van der Waals surface area contributed by atoms with Gasteiger partial charge in [-0.15, -0.1) is 0 Å². The van der Waals surface area contributed by atoms with Gasteiger partial charge >= 0.3 is 0 Å². The summed E-state index contributed by atoms with van der Waals surface area (Å²) < 4.78 is 14.5. The third kappa shape index (κ3) is 3.11. The van der Waals surface area contributed by atoms with Crippen LogP contribution < -0.4 is 10.9 Å². The number of carbonyl (C=O) groups excluding carboxylic acids is 1. The van der Waals surface area contributed by atoms with Gasteiger partial charge in [-0.3, -0.25) is 9.59 Å². The minimum atomic E-state index is -0.509. The summed E-state index contributed by atoms with van der Waals surface area (Å²) in [6.07, 6.45) is 1.35. The van der Waals surface area contributed by atoms with Crippen molar-refractivity contribution in [1.29, 1.82) is 0 Å². The highest BCUT2D eigenvalue weighted by Crippen LogP contribution is 2.35. The number of benzene rings is 2. The van der Waals surface area contributed by atoms with Gasteiger partial charge in [-0.2, -0.15) is 5.10 Å². The largest absolute Gasteiger partial charge is 0.338 e. The van der Waals surface area contributed by atoms with Crippen LogP contribution in [0.25, 0.3) is 10.8 Å². The second kappa shape index (κ2) is 6.77. The van der Waals surface area contributed by atoms with Crippen molar-refractivity contribution in [3.05, 3.63) is 75.5 Å². The zero-order chi connectivity index (χ0) is 20.0. The zero-order valence-electron chi connectivity index (χ0n) is 15.9. The lowest BCUT2D eigenvalue weighted by molar-refractivity contribution is 0.0747. The molecule has 0 radical (unpaired) electrons. The van der Waals surface area contributed by atoms with E-state index in [-0.39, 0.29) is 22.4 Å². The summed E-state index contributed by atoms with van der Waals surface area (Å²) in [6.45, 7) is 3.18. The smallest absolute Gasteiger partial charge is 0.272 e. The lowest BCUT2D eigenvalue weighted by Crippen LogP contribution is -2.55. The minimum absolute atomic E-state index is 0.0977. The summed E-state index contributed by atoms with van der Waals surface area (Å²) >= 11 is 0. The van der Waals surface area contributed by atoms with Gasteiger partial charge in [-0.25, -0.2) is 9.49 Å². The molecule has 1 spiro atoms. The van der Waals surface area contributed by atoms with Crippen molar-refractivity contribution in [2.45, 2.75) is 12.8 Å². The summed E-state index contributed by atoms with van der Waals surface area (Å²) in [5, 5.41) is 11.3. The van der Waals surface area contributed by atoms with E-state index in [2.05, 4.69) is 15.5 Å². The second-order valence-electron chi connectivity index (χ2n) is 8.12. The van der Waals surface area contributed by atoms with Crippen molar-refractivity contribution in [1.82, 2.24) is 20.4 Å². The van der Waals surface area contributed by atoms with E-state index >= 15 is 0 Å². The van der Waals surface area contributed by atoms with Crippen molar-refractivity contribution in [2.75, 3.05) is 26.2 Å². The highest BCUT2D eigenvalue weighted by Gasteiger charge is 2.44. The number of aromatic nitrogens is 2. The fourth-order valence-corrected chi connectivity index (χ4v) is 4.39. The topological polar surface area (TPSA) is 78.1 Å². The van der Waals surface area contributed by atoms with Gasteiger partial charge in [0.2, 0.25) is 0 Å². The molecular formula is C22H21FN4O2. The zero-order valence-corrected chi connectivity index (χ0v) is 15.9. The molecule has 2 aromatic carbocycles. The molecule has 5 rings (SSSR count). The van der Waals surface area contributed by atoms with E-state index in [9.17, 15) is 14.0 Å². The van der Waals surface area contributed by atoms with Crippen LogP contribution >= 0.6 is 0 Å². The number of hydrogen-bond acceptors (Lipinski definition) is 4. The monoisotopic (exact) mass is 392 g/mol. The van der Waals surface area contributed by atoms with E-state index in [4.69, 9.17) is 0 Å². The Hall–Kier alpha value is -3.06. The Morgan fingerprint density at radius 3 is 2.69 bits per heavy atom. The van der Waals surface area contributed by atoms with Gasteiger partial charge in [0.15, 0.2) is 0 Å². The summed E-state index contributed by atoms with van der Waals surface area (Å²) in [7, 11) is 0. The predicted octanol–water partition coefficient (Wildman–Crippen LogP) is 2.09. The van der Waals surface area contributed by atoms with Crippen LogP contribution in [-0.2, 0) is 6.42 Å². The number of hydrogen-bond donors (Lipinski definition) is 2. The van der Waals surface area contributed by atoms with E-state index in [1.54, 1.807) is 29.2 Å². The fraction of sp³-hybridized carbons (Fsp3) is 0.318. The number of likely N-dealkylation sites (tertiary alicyclic amines) is 1. The molecule has 0 aliphatic carbocycles. The average Bonchev–Trinajstić information content (AvgIpc) is 3.18. The standard InChI is InChI=1S/C22H21FN4O2/c23-18-6-5-14(10-19-15-3-1-2-4-16(15)20(28)26-25-19)9-17(18)21(29)27-8-7-22(13-27)11-24-12-22/h1-6,9,24H,7-8,10-13H2,(H,26,28). The molecule has 1 amide bonds. The number of H-pyrrole nitrogens is 1. The number of amides is 1. The van der Waals surface area contributed by atoms with Crippen LogP contribution in [0.3, 0.4) is 0 Å². The van der Waals surface area contributed by atoms with Crippen LogP contribution in [0, 0.1) is 11.2 Å². The molecule has 2 fully saturated rings. The molecule has 148 valence electrons. The van der Waals surface area contributed by atoms with Crippen LogP contribution in [0.2, 0.25) is 0 Å². The Morgan fingerprint density at radius 1 is 1.17 bits per heavy atom. The Morgan fingerprint density at radius 2 is 1.97 bits per heavy atom. The maximum atomic E-state index is 14.5. The normalized spacial score (nSPS) is 17.6. The first kappa shape index (κ1) is 18.0. The molecule has 0 unspecified atom stereocenters. The first-order valence-corrected chi connectivity index (χ1v) is 9.79. The molecule has 29 heavy (non-hydrogen) atoms. The number of nitrogens with zero attached hydrogens (tertiary/aromatic N) is 2. The maximum absolute atomic E-state index is 14.5. The van der Waals surface area contributed by atoms with Crippen LogP contribution in [0.4, 0.5) is 4.39 Å². The summed E-state index contributed by atoms with van der Waals surface area (Å²) in [6, 6.07) is 11.9. The van der Waals surface area contributed by atoms with Gasteiger partial charge < -0.3 is 10.2 Å². The van der Waals surface area contributed by atoms with Gasteiger partial charge in [-0.05, 0) is 30.2 Å². The van der Waals surface area contributed by atoms with Gasteiger partial charge in [-0.1, -0.05) is 24.3 Å². The Balaban J connectivity index is 1.44. The molecule has 2 N–H and O–H groups in total. The van der Waals surface area contributed by atoms with E-state index in [0.717, 1.165) is 30.5 Å². The molecular weight excluding hydrogens is 371 g/mol. The van der Waals surface area contributed by atoms with E-state index in [1.807, 2.05) is 12.1 Å². The fourth-order valence-electron chi connectivity index (χ4n) is 4.39. The average molecular weight is 392 g/mol. The molecule has 0 atom stereocenters. The molecule has 7 heteroatoms. The quantitative estimate of drug-likeness (QED) is 0.716. The van der Waals surface area contributed by atoms with Crippen molar-refractivity contribution in [2.24, 2.45) is 5.41 Å². The van der Waals surface area contributed by atoms with E-state index in [0.29, 0.717) is 30.6 Å². The number of carbonyl (C=O) groups is 1.